The van der Waals surface area contributed by atoms with Gasteiger partial charge >= 0.3 is 0 Å². The van der Waals surface area contributed by atoms with Crippen molar-refractivity contribution in [1.82, 2.24) is 10.2 Å². The number of rotatable bonds is 1. The molecular weight excluding hydrogens is 298 g/mol. The van der Waals surface area contributed by atoms with Gasteiger partial charge in [0.05, 0.1) is 10.9 Å². The minimum Gasteiger partial charge on any atom is -0.333 e. The monoisotopic (exact) mass is 319 g/mol. The molecule has 1 aromatic rings. The Balaban J connectivity index is 1.85. The molecule has 0 aromatic heterocycles. The fourth-order valence-electron chi connectivity index (χ4n) is 2.85. The molecule has 3 unspecified atom stereocenters. The quantitative estimate of drug-likeness (QED) is 0.830. The molecule has 2 aliphatic heterocycles. The van der Waals surface area contributed by atoms with Gasteiger partial charge in [-0.1, -0.05) is 0 Å². The van der Waals surface area contributed by atoms with Gasteiger partial charge in [-0.05, 0) is 39.0 Å². The second kappa shape index (κ2) is 5.93. The van der Waals surface area contributed by atoms with Crippen molar-refractivity contribution in [3.63, 3.8) is 0 Å². The Bertz CT molecular complexity index is 619. The summed E-state index contributed by atoms with van der Waals surface area (Å²) in [5.74, 6) is 0.0211. The van der Waals surface area contributed by atoms with Crippen molar-refractivity contribution >= 4 is 29.3 Å². The van der Waals surface area contributed by atoms with Crippen LogP contribution in [0, 0.1) is 0 Å². The summed E-state index contributed by atoms with van der Waals surface area (Å²) in [7, 11) is 0. The summed E-state index contributed by atoms with van der Waals surface area (Å²) in [6, 6.07) is 6.03. The molecule has 1 fully saturated rings. The van der Waals surface area contributed by atoms with E-state index in [9.17, 15) is 9.59 Å². The van der Waals surface area contributed by atoms with E-state index in [4.69, 9.17) is 0 Å². The zero-order valence-electron chi connectivity index (χ0n) is 13.1. The number of hydrogen-bond acceptors (Lipinski definition) is 4. The Morgan fingerprint density at radius 3 is 2.86 bits per heavy atom. The van der Waals surface area contributed by atoms with Crippen LogP contribution in [0.2, 0.25) is 0 Å². The van der Waals surface area contributed by atoms with Crippen LogP contribution in [0.5, 0.6) is 0 Å². The minimum absolute atomic E-state index is 0.00809. The zero-order chi connectivity index (χ0) is 15.9. The molecule has 3 rings (SSSR count). The highest BCUT2D eigenvalue weighted by Crippen LogP contribution is 2.36. The van der Waals surface area contributed by atoms with Gasteiger partial charge in [-0.3, -0.25) is 9.59 Å². The summed E-state index contributed by atoms with van der Waals surface area (Å²) < 4.78 is 0. The maximum absolute atomic E-state index is 12.8. The molecule has 0 aliphatic carbocycles. The number of thioether (sulfide) groups is 1. The van der Waals surface area contributed by atoms with Gasteiger partial charge in [-0.15, -0.1) is 11.8 Å². The van der Waals surface area contributed by atoms with E-state index in [-0.39, 0.29) is 29.1 Å². The number of piperazine rings is 1. The van der Waals surface area contributed by atoms with Crippen LogP contribution in [-0.4, -0.2) is 47.1 Å². The third-order valence-electron chi connectivity index (χ3n) is 4.45. The molecule has 3 atom stereocenters. The molecule has 0 spiro atoms. The molecular formula is C16H21N3O2S. The lowest BCUT2D eigenvalue weighted by Crippen LogP contribution is -2.57. The van der Waals surface area contributed by atoms with Gasteiger partial charge in [0.15, 0.2) is 0 Å². The molecule has 0 saturated carbocycles. The van der Waals surface area contributed by atoms with Gasteiger partial charge in [0.2, 0.25) is 5.91 Å². The van der Waals surface area contributed by atoms with Crippen molar-refractivity contribution in [2.24, 2.45) is 0 Å². The first-order chi connectivity index (χ1) is 10.5. The third kappa shape index (κ3) is 2.73. The zero-order valence-corrected chi connectivity index (χ0v) is 13.9. The third-order valence-corrected chi connectivity index (χ3v) is 5.63. The van der Waals surface area contributed by atoms with E-state index in [0.29, 0.717) is 12.1 Å². The van der Waals surface area contributed by atoms with Crippen LogP contribution in [-0.2, 0) is 4.79 Å². The largest absolute Gasteiger partial charge is 0.333 e. The van der Waals surface area contributed by atoms with Gasteiger partial charge in [-0.25, -0.2) is 0 Å². The van der Waals surface area contributed by atoms with Crippen LogP contribution in [0.25, 0.3) is 0 Å². The molecule has 5 nitrogen and oxygen atoms in total. The summed E-state index contributed by atoms with van der Waals surface area (Å²) in [4.78, 5) is 27.5. The molecule has 6 heteroatoms. The Morgan fingerprint density at radius 1 is 1.32 bits per heavy atom. The fourth-order valence-corrected chi connectivity index (χ4v) is 3.78. The number of carbonyl (C=O) groups is 2. The van der Waals surface area contributed by atoms with E-state index in [2.05, 4.69) is 24.5 Å². The van der Waals surface area contributed by atoms with E-state index >= 15 is 0 Å². The van der Waals surface area contributed by atoms with E-state index in [1.165, 1.54) is 11.8 Å². The lowest BCUT2D eigenvalue weighted by molar-refractivity contribution is -0.115. The van der Waals surface area contributed by atoms with Gasteiger partial charge in [0.1, 0.15) is 0 Å². The highest BCUT2D eigenvalue weighted by Gasteiger charge is 2.30. The average Bonchev–Trinajstić information content (AvgIpc) is 2.50. The van der Waals surface area contributed by atoms with Gasteiger partial charge in [-0.2, -0.15) is 0 Å². The molecule has 1 aromatic carbocycles. The fraction of sp³-hybridized carbons (Fsp3) is 0.500. The maximum Gasteiger partial charge on any atom is 0.254 e. The first-order valence-electron chi connectivity index (χ1n) is 7.63. The summed E-state index contributed by atoms with van der Waals surface area (Å²) in [6.07, 6.45) is 0. The number of benzene rings is 1. The SMILES string of the molecule is CC1Sc2ccc(C(=O)N3CCNC(C)C3C)cc2NC1=O. The summed E-state index contributed by atoms with van der Waals surface area (Å²) in [5.41, 5.74) is 1.38. The van der Waals surface area contributed by atoms with Crippen LogP contribution in [0.1, 0.15) is 31.1 Å². The Labute approximate surface area is 134 Å². The van der Waals surface area contributed by atoms with Crippen molar-refractivity contribution in [3.05, 3.63) is 23.8 Å². The molecule has 1 saturated heterocycles. The Kier molecular flexibility index (Phi) is 4.14. The highest BCUT2D eigenvalue weighted by atomic mass is 32.2. The summed E-state index contributed by atoms with van der Waals surface area (Å²) in [5, 5.41) is 6.17. The van der Waals surface area contributed by atoms with Crippen molar-refractivity contribution in [2.45, 2.75) is 43.0 Å². The van der Waals surface area contributed by atoms with Crippen LogP contribution in [0.3, 0.4) is 0 Å². The predicted molar refractivity (Wildman–Crippen MR) is 88.4 cm³/mol. The molecule has 0 bridgehead atoms. The summed E-state index contributed by atoms with van der Waals surface area (Å²) >= 11 is 1.53. The highest BCUT2D eigenvalue weighted by molar-refractivity contribution is 8.00. The smallest absolute Gasteiger partial charge is 0.254 e. The second-order valence-electron chi connectivity index (χ2n) is 5.94. The number of carbonyl (C=O) groups excluding carboxylic acids is 2. The second-order valence-corrected chi connectivity index (χ2v) is 7.32. The molecule has 0 radical (unpaired) electrons. The van der Waals surface area contributed by atoms with Crippen LogP contribution in [0.4, 0.5) is 5.69 Å². The van der Waals surface area contributed by atoms with E-state index in [1.54, 1.807) is 6.07 Å². The number of hydrogen-bond donors (Lipinski definition) is 2. The first kappa shape index (κ1) is 15.4. The molecule has 118 valence electrons. The lowest BCUT2D eigenvalue weighted by atomic mass is 10.0. The number of nitrogens with one attached hydrogen (secondary N) is 2. The molecule has 2 amide bonds. The Morgan fingerprint density at radius 2 is 2.09 bits per heavy atom. The first-order valence-corrected chi connectivity index (χ1v) is 8.51. The van der Waals surface area contributed by atoms with E-state index in [0.717, 1.165) is 17.1 Å². The lowest BCUT2D eigenvalue weighted by Gasteiger charge is -2.38. The topological polar surface area (TPSA) is 61.4 Å². The number of amides is 2. The number of anilines is 1. The maximum atomic E-state index is 12.8. The van der Waals surface area contributed by atoms with E-state index in [1.807, 2.05) is 24.0 Å². The average molecular weight is 319 g/mol. The number of fused-ring (bicyclic) bond motifs is 1. The van der Waals surface area contributed by atoms with Gasteiger partial charge in [0, 0.05) is 35.6 Å². The van der Waals surface area contributed by atoms with Crippen molar-refractivity contribution in [3.8, 4) is 0 Å². The van der Waals surface area contributed by atoms with Crippen molar-refractivity contribution in [2.75, 3.05) is 18.4 Å². The molecule has 22 heavy (non-hydrogen) atoms. The van der Waals surface area contributed by atoms with Crippen LogP contribution >= 0.6 is 11.8 Å². The van der Waals surface area contributed by atoms with E-state index < -0.39 is 0 Å². The molecule has 2 aliphatic rings. The van der Waals surface area contributed by atoms with Gasteiger partial charge in [0.25, 0.3) is 5.91 Å². The normalized spacial score (nSPS) is 28.0. The van der Waals surface area contributed by atoms with Crippen molar-refractivity contribution in [1.29, 1.82) is 0 Å². The number of nitrogens with zero attached hydrogens (tertiary/aromatic N) is 1. The van der Waals surface area contributed by atoms with Crippen LogP contribution < -0.4 is 10.6 Å². The summed E-state index contributed by atoms with van der Waals surface area (Å²) in [6.45, 7) is 7.55. The van der Waals surface area contributed by atoms with Crippen molar-refractivity contribution < 1.29 is 9.59 Å². The Hall–Kier alpha value is -1.53. The standard InChI is InChI=1S/C16H21N3O2S/c1-9-10(2)19(7-6-17-9)16(21)12-4-5-14-13(8-12)18-15(20)11(3)22-14/h4-5,8-11,17H,6-7H2,1-3H3,(H,18,20). The predicted octanol–water partition coefficient (Wildman–Crippen LogP) is 1.94. The molecule has 2 heterocycles. The van der Waals surface area contributed by atoms with Crippen LogP contribution in [0.15, 0.2) is 23.1 Å². The minimum atomic E-state index is -0.0944. The van der Waals surface area contributed by atoms with Gasteiger partial charge < -0.3 is 15.5 Å². The molecule has 2 N–H and O–H groups in total.